The fraction of sp³-hybridized carbons (Fsp3) is 0.667. The van der Waals surface area contributed by atoms with E-state index in [1.54, 1.807) is 31.7 Å². The van der Waals surface area contributed by atoms with Gasteiger partial charge in [0, 0.05) is 12.1 Å². The first-order valence-electron chi connectivity index (χ1n) is 15.5. The van der Waals surface area contributed by atoms with Gasteiger partial charge in [-0.15, -0.1) is 0 Å². The number of amides is 2. The second-order valence-electron chi connectivity index (χ2n) is 13.9. The summed E-state index contributed by atoms with van der Waals surface area (Å²) in [6, 6.07) is 4.39. The van der Waals surface area contributed by atoms with E-state index in [1.807, 2.05) is 26.8 Å². The average molecular weight is 619 g/mol. The first-order chi connectivity index (χ1) is 20.7. The second-order valence-corrected chi connectivity index (χ2v) is 13.9. The minimum atomic E-state index is -0.748. The van der Waals surface area contributed by atoms with Crippen molar-refractivity contribution in [3.63, 3.8) is 0 Å². The molecule has 4 rings (SSSR count). The maximum atomic E-state index is 14.8. The molecule has 0 radical (unpaired) electrons. The van der Waals surface area contributed by atoms with Crippen molar-refractivity contribution in [3.8, 4) is 5.75 Å². The van der Waals surface area contributed by atoms with Crippen LogP contribution in [0.25, 0.3) is 0 Å². The number of halogens is 1. The van der Waals surface area contributed by atoms with Crippen molar-refractivity contribution in [3.05, 3.63) is 41.9 Å². The summed E-state index contributed by atoms with van der Waals surface area (Å²) in [6.45, 7) is 11.8. The number of rotatable bonds is 7. The van der Waals surface area contributed by atoms with E-state index in [-0.39, 0.29) is 36.9 Å². The Bertz CT molecular complexity index is 1210. The zero-order valence-electron chi connectivity index (χ0n) is 26.8. The molecule has 44 heavy (non-hydrogen) atoms. The van der Waals surface area contributed by atoms with Crippen LogP contribution in [-0.4, -0.2) is 78.1 Å². The molecule has 1 saturated carbocycles. The number of esters is 1. The number of carbonyl (C=O) groups is 3. The van der Waals surface area contributed by atoms with Gasteiger partial charge in [0.15, 0.2) is 11.6 Å². The number of likely N-dealkylation sites (tertiary alicyclic amines) is 1. The number of morpholine rings is 1. The Labute approximate surface area is 259 Å². The van der Waals surface area contributed by atoms with Crippen LogP contribution in [0.5, 0.6) is 5.75 Å². The molecule has 1 aliphatic carbocycles. The van der Waals surface area contributed by atoms with Gasteiger partial charge in [0.1, 0.15) is 17.8 Å². The highest BCUT2D eigenvalue weighted by Gasteiger charge is 2.50. The first-order valence-corrected chi connectivity index (χ1v) is 15.5. The van der Waals surface area contributed by atoms with Crippen molar-refractivity contribution in [2.75, 3.05) is 26.4 Å². The Hall–Kier alpha value is -3.18. The quantitative estimate of drug-likeness (QED) is 0.246. The summed E-state index contributed by atoms with van der Waals surface area (Å²) in [5.41, 5.74) is -1.32. The smallest absolute Gasteiger partial charge is 0.410 e. The molecule has 1 N–H and O–H groups in total. The third-order valence-corrected chi connectivity index (χ3v) is 8.04. The van der Waals surface area contributed by atoms with Crippen LogP contribution in [0, 0.1) is 5.82 Å². The molecule has 2 atom stereocenters. The minimum absolute atomic E-state index is 0.00560. The molecular formula is C33H47FN2O8. The van der Waals surface area contributed by atoms with Crippen molar-refractivity contribution >= 4 is 18.0 Å². The topological polar surface area (TPSA) is 113 Å². The molecule has 3 aliphatic rings. The summed E-state index contributed by atoms with van der Waals surface area (Å²) < 4.78 is 43.5. The normalized spacial score (nSPS) is 26.4. The lowest BCUT2D eigenvalue weighted by molar-refractivity contribution is -0.148. The standard InChI is InChI=1S/C33H47FN2O8/c1-31(2,3)43-28(38)15-18-41-29-24(9-7-10-25(29)34)22-11-13-23(14-12-22)42-19-26-33(21-40-20-27(37)35-33)16-8-17-36(26)30(39)44-32(4,5)6/h7,9-10,15,18,22-23,26H,8,11-14,16-17,19-21H2,1-6H3,(H,35,37)/b18-15+/t22-,23+,26?,33?. The summed E-state index contributed by atoms with van der Waals surface area (Å²) in [5, 5.41) is 3.11. The van der Waals surface area contributed by atoms with Crippen molar-refractivity contribution in [1.82, 2.24) is 10.2 Å². The molecular weight excluding hydrogens is 571 g/mol. The summed E-state index contributed by atoms with van der Waals surface area (Å²) in [6.07, 6.45) is 6.10. The van der Waals surface area contributed by atoms with Crippen molar-refractivity contribution < 1.29 is 42.5 Å². The van der Waals surface area contributed by atoms with Crippen molar-refractivity contribution in [1.29, 1.82) is 0 Å². The molecule has 3 fully saturated rings. The maximum absolute atomic E-state index is 14.8. The predicted octanol–water partition coefficient (Wildman–Crippen LogP) is 5.39. The van der Waals surface area contributed by atoms with Crippen LogP contribution >= 0.6 is 0 Å². The van der Waals surface area contributed by atoms with E-state index in [2.05, 4.69) is 5.32 Å². The van der Waals surface area contributed by atoms with E-state index < -0.39 is 40.7 Å². The first kappa shape index (κ1) is 33.7. The Morgan fingerprint density at radius 2 is 1.80 bits per heavy atom. The molecule has 11 heteroatoms. The van der Waals surface area contributed by atoms with E-state index in [0.717, 1.165) is 43.6 Å². The van der Waals surface area contributed by atoms with Crippen LogP contribution in [0.15, 0.2) is 30.5 Å². The van der Waals surface area contributed by atoms with Gasteiger partial charge in [-0.2, -0.15) is 0 Å². The van der Waals surface area contributed by atoms with Gasteiger partial charge >= 0.3 is 12.1 Å². The summed E-state index contributed by atoms with van der Waals surface area (Å²) in [7, 11) is 0. The number of nitrogens with zero attached hydrogens (tertiary/aromatic N) is 1. The minimum Gasteiger partial charge on any atom is -0.461 e. The molecule has 0 aromatic heterocycles. The van der Waals surface area contributed by atoms with E-state index in [9.17, 15) is 18.8 Å². The van der Waals surface area contributed by atoms with Crippen LogP contribution in [0.1, 0.15) is 91.5 Å². The molecule has 2 aliphatic heterocycles. The second kappa shape index (κ2) is 13.9. The number of hydrogen-bond acceptors (Lipinski definition) is 8. The van der Waals surface area contributed by atoms with Crippen LogP contribution in [-0.2, 0) is 28.5 Å². The average Bonchev–Trinajstić information content (AvgIpc) is 2.91. The molecule has 1 aromatic carbocycles. The summed E-state index contributed by atoms with van der Waals surface area (Å²) >= 11 is 0. The Morgan fingerprint density at radius 1 is 1.09 bits per heavy atom. The van der Waals surface area contributed by atoms with Crippen molar-refractivity contribution in [2.45, 2.75) is 115 Å². The van der Waals surface area contributed by atoms with Gasteiger partial charge in [0.05, 0.1) is 43.2 Å². The highest BCUT2D eigenvalue weighted by Crippen LogP contribution is 2.40. The zero-order valence-corrected chi connectivity index (χ0v) is 26.8. The molecule has 10 nitrogen and oxygen atoms in total. The maximum Gasteiger partial charge on any atom is 0.410 e. The van der Waals surface area contributed by atoms with Gasteiger partial charge in [-0.3, -0.25) is 4.79 Å². The number of benzene rings is 1. The van der Waals surface area contributed by atoms with Gasteiger partial charge < -0.3 is 33.9 Å². The Morgan fingerprint density at radius 3 is 2.45 bits per heavy atom. The van der Waals surface area contributed by atoms with Crippen LogP contribution in [0.3, 0.4) is 0 Å². The van der Waals surface area contributed by atoms with Gasteiger partial charge in [0.2, 0.25) is 5.91 Å². The fourth-order valence-electron chi connectivity index (χ4n) is 6.20. The number of piperidine rings is 1. The molecule has 2 saturated heterocycles. The van der Waals surface area contributed by atoms with E-state index >= 15 is 0 Å². The molecule has 244 valence electrons. The van der Waals surface area contributed by atoms with Crippen molar-refractivity contribution in [2.24, 2.45) is 0 Å². The van der Waals surface area contributed by atoms with E-state index in [4.69, 9.17) is 23.7 Å². The van der Waals surface area contributed by atoms with Crippen LogP contribution < -0.4 is 10.1 Å². The van der Waals surface area contributed by atoms with Gasteiger partial charge in [0.25, 0.3) is 0 Å². The zero-order chi connectivity index (χ0) is 32.1. The highest BCUT2D eigenvalue weighted by molar-refractivity contribution is 5.82. The highest BCUT2D eigenvalue weighted by atomic mass is 19.1. The number of para-hydroxylation sites is 1. The lowest BCUT2D eigenvalue weighted by atomic mass is 9.80. The lowest BCUT2D eigenvalue weighted by Crippen LogP contribution is -2.72. The Kier molecular flexibility index (Phi) is 10.6. The van der Waals surface area contributed by atoms with Gasteiger partial charge in [-0.1, -0.05) is 12.1 Å². The fourth-order valence-corrected chi connectivity index (χ4v) is 6.20. The SMILES string of the molecule is CC(C)(C)OC(=O)/C=C/Oc1c(F)cccc1[C@H]1CC[C@@H](OCC2N(C(=O)OC(C)(C)C)CCCC23COCC(=O)N3)CC1. The molecule has 2 heterocycles. The molecule has 1 spiro atoms. The third-order valence-electron chi connectivity index (χ3n) is 8.04. The number of hydrogen-bond donors (Lipinski definition) is 1. The monoisotopic (exact) mass is 618 g/mol. The van der Waals surface area contributed by atoms with Gasteiger partial charge in [-0.05, 0) is 92.1 Å². The lowest BCUT2D eigenvalue weighted by Gasteiger charge is -2.51. The largest absolute Gasteiger partial charge is 0.461 e. The number of carbonyl (C=O) groups excluding carboxylic acids is 3. The predicted molar refractivity (Wildman–Crippen MR) is 161 cm³/mol. The van der Waals surface area contributed by atoms with Crippen LogP contribution in [0.4, 0.5) is 9.18 Å². The molecule has 2 amide bonds. The molecule has 1 aromatic rings. The Balaban J connectivity index is 1.40. The number of nitrogens with one attached hydrogen (secondary N) is 1. The summed E-state index contributed by atoms with van der Waals surface area (Å²) in [5.74, 6) is -1.14. The number of ether oxygens (including phenoxy) is 5. The molecule has 0 bridgehead atoms. The third kappa shape index (κ3) is 8.94. The van der Waals surface area contributed by atoms with E-state index in [1.165, 1.54) is 6.07 Å². The van der Waals surface area contributed by atoms with Gasteiger partial charge in [-0.25, -0.2) is 14.0 Å². The molecule has 2 unspecified atom stereocenters. The van der Waals surface area contributed by atoms with E-state index in [0.29, 0.717) is 26.0 Å². The summed E-state index contributed by atoms with van der Waals surface area (Å²) in [4.78, 5) is 39.3. The van der Waals surface area contributed by atoms with Crippen LogP contribution in [0.2, 0.25) is 0 Å².